The van der Waals surface area contributed by atoms with Crippen LogP contribution in [0.25, 0.3) is 5.57 Å². The molecule has 2 heteroatoms. The Morgan fingerprint density at radius 3 is 2.47 bits per heavy atom. The maximum Gasteiger partial charge on any atom is 0.158 e. The van der Waals surface area contributed by atoms with E-state index in [2.05, 4.69) is 0 Å². The Kier molecular flexibility index (Phi) is 2.58. The molecule has 1 aliphatic rings. The predicted molar refractivity (Wildman–Crippen MR) is 59.6 cm³/mol. The summed E-state index contributed by atoms with van der Waals surface area (Å²) in [6, 6.07) is 7.06. The molecule has 0 saturated heterocycles. The fraction of sp³-hybridized carbons (Fsp3) is 0.308. The summed E-state index contributed by atoms with van der Waals surface area (Å²) in [6.07, 6.45) is 2.57. The second-order valence-corrected chi connectivity index (χ2v) is 3.93. The lowest BCUT2D eigenvalue weighted by Crippen LogP contribution is -2.08. The Hall–Kier alpha value is -1.57. The van der Waals surface area contributed by atoms with E-state index in [4.69, 9.17) is 0 Å². The number of phenolic OH excluding ortho intramolecular Hbond substituents is 1. The highest BCUT2D eigenvalue weighted by Crippen LogP contribution is 2.30. The van der Waals surface area contributed by atoms with E-state index < -0.39 is 0 Å². The molecule has 0 amide bonds. The van der Waals surface area contributed by atoms with Crippen molar-refractivity contribution in [3.05, 3.63) is 35.4 Å². The van der Waals surface area contributed by atoms with Gasteiger partial charge in [0.1, 0.15) is 5.75 Å². The quantitative estimate of drug-likeness (QED) is 0.760. The summed E-state index contributed by atoms with van der Waals surface area (Å²) in [4.78, 5) is 11.5. The van der Waals surface area contributed by atoms with Crippen LogP contribution in [-0.2, 0) is 4.79 Å². The summed E-state index contributed by atoms with van der Waals surface area (Å²) in [6.45, 7) is 1.89. The van der Waals surface area contributed by atoms with E-state index in [0.717, 1.165) is 29.6 Å². The van der Waals surface area contributed by atoms with Gasteiger partial charge in [-0.3, -0.25) is 4.79 Å². The van der Waals surface area contributed by atoms with Crippen LogP contribution in [-0.4, -0.2) is 10.9 Å². The van der Waals surface area contributed by atoms with Crippen LogP contribution in [0.15, 0.2) is 29.8 Å². The number of allylic oxidation sites excluding steroid dienone is 2. The zero-order chi connectivity index (χ0) is 10.8. The highest BCUT2D eigenvalue weighted by atomic mass is 16.3. The van der Waals surface area contributed by atoms with Crippen molar-refractivity contribution in [2.45, 2.75) is 26.2 Å². The van der Waals surface area contributed by atoms with Gasteiger partial charge in [0, 0.05) is 6.42 Å². The summed E-state index contributed by atoms with van der Waals surface area (Å²) >= 11 is 0. The van der Waals surface area contributed by atoms with Crippen LogP contribution in [0.2, 0.25) is 0 Å². The molecular formula is C13H14O2. The Balaban J connectivity index is 2.41. The van der Waals surface area contributed by atoms with Gasteiger partial charge in [0.15, 0.2) is 5.78 Å². The standard InChI is InChI=1S/C13H14O2/c1-9-12(3-2-4-13(9)15)10-5-7-11(14)8-6-10/h5-8,14H,2-4H2,1H3. The van der Waals surface area contributed by atoms with Crippen LogP contribution in [0, 0.1) is 0 Å². The molecule has 0 aliphatic heterocycles. The topological polar surface area (TPSA) is 37.3 Å². The maximum absolute atomic E-state index is 11.5. The minimum absolute atomic E-state index is 0.254. The molecule has 2 rings (SSSR count). The molecular weight excluding hydrogens is 188 g/mol. The van der Waals surface area contributed by atoms with Gasteiger partial charge >= 0.3 is 0 Å². The molecule has 78 valence electrons. The van der Waals surface area contributed by atoms with Crippen molar-refractivity contribution in [3.8, 4) is 5.75 Å². The molecule has 0 aromatic heterocycles. The minimum Gasteiger partial charge on any atom is -0.508 e. The number of phenols is 1. The first-order chi connectivity index (χ1) is 7.18. The number of rotatable bonds is 1. The van der Waals surface area contributed by atoms with E-state index in [9.17, 15) is 9.90 Å². The van der Waals surface area contributed by atoms with Crippen molar-refractivity contribution in [1.29, 1.82) is 0 Å². The summed E-state index contributed by atoms with van der Waals surface area (Å²) in [7, 11) is 0. The van der Waals surface area contributed by atoms with Gasteiger partial charge in [-0.25, -0.2) is 0 Å². The fourth-order valence-corrected chi connectivity index (χ4v) is 1.99. The van der Waals surface area contributed by atoms with E-state index in [1.807, 2.05) is 19.1 Å². The molecule has 0 bridgehead atoms. The van der Waals surface area contributed by atoms with Gasteiger partial charge in [-0.05, 0) is 48.6 Å². The molecule has 0 atom stereocenters. The maximum atomic E-state index is 11.5. The lowest BCUT2D eigenvalue weighted by Gasteiger charge is -2.16. The third-order valence-corrected chi connectivity index (χ3v) is 2.92. The van der Waals surface area contributed by atoms with Crippen LogP contribution < -0.4 is 0 Å². The smallest absolute Gasteiger partial charge is 0.158 e. The molecule has 1 aliphatic carbocycles. The number of aromatic hydroxyl groups is 1. The summed E-state index contributed by atoms with van der Waals surface area (Å²) < 4.78 is 0. The Morgan fingerprint density at radius 1 is 1.13 bits per heavy atom. The first-order valence-electron chi connectivity index (χ1n) is 5.21. The molecule has 1 aromatic rings. The van der Waals surface area contributed by atoms with Crippen molar-refractivity contribution >= 4 is 11.4 Å². The van der Waals surface area contributed by atoms with Crippen LogP contribution in [0.3, 0.4) is 0 Å². The van der Waals surface area contributed by atoms with Crippen LogP contribution >= 0.6 is 0 Å². The lowest BCUT2D eigenvalue weighted by atomic mass is 9.87. The van der Waals surface area contributed by atoms with Crippen molar-refractivity contribution < 1.29 is 9.90 Å². The summed E-state index contributed by atoms with van der Waals surface area (Å²) in [5.41, 5.74) is 3.07. The molecule has 1 aromatic carbocycles. The van der Waals surface area contributed by atoms with Gasteiger partial charge in [-0.15, -0.1) is 0 Å². The monoisotopic (exact) mass is 202 g/mol. The largest absolute Gasteiger partial charge is 0.508 e. The number of hydrogen-bond acceptors (Lipinski definition) is 2. The predicted octanol–water partition coefficient (Wildman–Crippen LogP) is 2.92. The van der Waals surface area contributed by atoms with Gasteiger partial charge in [-0.2, -0.15) is 0 Å². The third kappa shape index (κ3) is 1.94. The average molecular weight is 202 g/mol. The van der Waals surface area contributed by atoms with E-state index in [1.165, 1.54) is 0 Å². The Labute approximate surface area is 89.2 Å². The fourth-order valence-electron chi connectivity index (χ4n) is 1.99. The molecule has 0 saturated carbocycles. The molecule has 0 fully saturated rings. The van der Waals surface area contributed by atoms with Crippen LogP contribution in [0.4, 0.5) is 0 Å². The number of ketones is 1. The number of benzene rings is 1. The van der Waals surface area contributed by atoms with Gasteiger partial charge in [0.05, 0.1) is 0 Å². The van der Waals surface area contributed by atoms with Crippen molar-refractivity contribution in [3.63, 3.8) is 0 Å². The SMILES string of the molecule is CC1=C(c2ccc(O)cc2)CCCC1=O. The first-order valence-corrected chi connectivity index (χ1v) is 5.21. The van der Waals surface area contributed by atoms with Crippen molar-refractivity contribution in [1.82, 2.24) is 0 Å². The lowest BCUT2D eigenvalue weighted by molar-refractivity contribution is -0.115. The number of carbonyl (C=O) groups excluding carboxylic acids is 1. The number of hydrogen-bond donors (Lipinski definition) is 1. The molecule has 15 heavy (non-hydrogen) atoms. The van der Waals surface area contributed by atoms with E-state index in [-0.39, 0.29) is 11.5 Å². The minimum atomic E-state index is 0.254. The molecule has 1 N–H and O–H groups in total. The number of Topliss-reactive ketones (excluding diaryl/α,β-unsaturated/α-hetero) is 1. The molecule has 0 spiro atoms. The summed E-state index contributed by atoms with van der Waals surface area (Å²) in [5, 5.41) is 9.19. The van der Waals surface area contributed by atoms with E-state index >= 15 is 0 Å². The highest BCUT2D eigenvalue weighted by molar-refractivity contribution is 6.03. The molecule has 0 radical (unpaired) electrons. The van der Waals surface area contributed by atoms with Gasteiger partial charge in [-0.1, -0.05) is 12.1 Å². The first kappa shape index (κ1) is 9.97. The van der Waals surface area contributed by atoms with Gasteiger partial charge in [0.2, 0.25) is 0 Å². The second-order valence-electron chi connectivity index (χ2n) is 3.93. The van der Waals surface area contributed by atoms with Crippen molar-refractivity contribution in [2.75, 3.05) is 0 Å². The Morgan fingerprint density at radius 2 is 1.80 bits per heavy atom. The molecule has 0 heterocycles. The Bertz CT molecular complexity index is 413. The van der Waals surface area contributed by atoms with Crippen LogP contribution in [0.1, 0.15) is 31.7 Å². The van der Waals surface area contributed by atoms with Gasteiger partial charge < -0.3 is 5.11 Å². The zero-order valence-electron chi connectivity index (χ0n) is 8.79. The molecule has 0 unspecified atom stereocenters. The number of carbonyl (C=O) groups is 1. The van der Waals surface area contributed by atoms with Crippen molar-refractivity contribution in [2.24, 2.45) is 0 Å². The van der Waals surface area contributed by atoms with E-state index in [0.29, 0.717) is 6.42 Å². The zero-order valence-corrected chi connectivity index (χ0v) is 8.79. The highest BCUT2D eigenvalue weighted by Gasteiger charge is 2.17. The molecule has 2 nitrogen and oxygen atoms in total. The second kappa shape index (κ2) is 3.89. The third-order valence-electron chi connectivity index (χ3n) is 2.92. The summed E-state index contributed by atoms with van der Waals surface area (Å²) in [5.74, 6) is 0.517. The van der Waals surface area contributed by atoms with Gasteiger partial charge in [0.25, 0.3) is 0 Å². The normalized spacial score (nSPS) is 17.0. The van der Waals surface area contributed by atoms with E-state index in [1.54, 1.807) is 12.1 Å². The average Bonchev–Trinajstić information content (AvgIpc) is 2.24. The van der Waals surface area contributed by atoms with Crippen LogP contribution in [0.5, 0.6) is 5.75 Å².